The Kier molecular flexibility index (Phi) is 4.75. The van der Waals surface area contributed by atoms with Crippen LogP contribution in [0.25, 0.3) is 10.9 Å². The van der Waals surface area contributed by atoms with E-state index in [4.69, 9.17) is 34.8 Å². The molecule has 1 aromatic carbocycles. The van der Waals surface area contributed by atoms with Gasteiger partial charge in [-0.3, -0.25) is 0 Å². The number of aromatic nitrogens is 2. The summed E-state index contributed by atoms with van der Waals surface area (Å²) in [5.74, 6) is 1.66. The molecule has 1 aromatic heterocycles. The summed E-state index contributed by atoms with van der Waals surface area (Å²) in [6.07, 6.45) is 2.46. The van der Waals surface area contributed by atoms with Crippen molar-refractivity contribution in [2.24, 2.45) is 5.92 Å². The SMILES string of the molecule is ClC(Cl)(Cl)c1nc(NC2CN3CCC2CC3)c2cc(I)ccc2n1. The second-order valence-electron chi connectivity index (χ2n) is 6.44. The lowest BCUT2D eigenvalue weighted by atomic mass is 9.84. The van der Waals surface area contributed by atoms with Crippen molar-refractivity contribution < 1.29 is 0 Å². The van der Waals surface area contributed by atoms with Gasteiger partial charge in [-0.2, -0.15) is 0 Å². The number of rotatable bonds is 2. The molecule has 0 amide bonds. The molecule has 128 valence electrons. The zero-order valence-electron chi connectivity index (χ0n) is 12.8. The Morgan fingerprint density at radius 3 is 2.54 bits per heavy atom. The molecule has 3 aliphatic heterocycles. The molecular formula is C16H16Cl3IN4. The summed E-state index contributed by atoms with van der Waals surface area (Å²) in [4.78, 5) is 11.5. The number of fused-ring (bicyclic) bond motifs is 4. The van der Waals surface area contributed by atoms with E-state index in [1.807, 2.05) is 12.1 Å². The highest BCUT2D eigenvalue weighted by atomic mass is 127. The highest BCUT2D eigenvalue weighted by molar-refractivity contribution is 14.1. The lowest BCUT2D eigenvalue weighted by Gasteiger charge is -2.45. The van der Waals surface area contributed by atoms with Gasteiger partial charge >= 0.3 is 0 Å². The normalized spacial score (nSPS) is 26.8. The van der Waals surface area contributed by atoms with Crippen LogP contribution in [0.15, 0.2) is 18.2 Å². The number of hydrogen-bond acceptors (Lipinski definition) is 4. The van der Waals surface area contributed by atoms with Crippen molar-refractivity contribution >= 4 is 74.1 Å². The van der Waals surface area contributed by atoms with Crippen molar-refractivity contribution in [1.82, 2.24) is 14.9 Å². The Hall–Kier alpha value is -0.0800. The van der Waals surface area contributed by atoms with E-state index in [0.29, 0.717) is 12.0 Å². The Morgan fingerprint density at radius 1 is 1.17 bits per heavy atom. The van der Waals surface area contributed by atoms with Gasteiger partial charge in [0.1, 0.15) is 5.82 Å². The van der Waals surface area contributed by atoms with Crippen LogP contribution in [0, 0.1) is 9.49 Å². The molecule has 3 aliphatic rings. The molecule has 24 heavy (non-hydrogen) atoms. The Labute approximate surface area is 169 Å². The molecule has 5 rings (SSSR count). The van der Waals surface area contributed by atoms with Crippen LogP contribution in [-0.2, 0) is 3.79 Å². The van der Waals surface area contributed by atoms with E-state index in [9.17, 15) is 0 Å². The van der Waals surface area contributed by atoms with Crippen LogP contribution in [0.4, 0.5) is 5.82 Å². The number of benzene rings is 1. The number of hydrogen-bond donors (Lipinski definition) is 1. The molecule has 0 aliphatic carbocycles. The predicted octanol–water partition coefficient (Wildman–Crippen LogP) is 4.57. The fraction of sp³-hybridized carbons (Fsp3) is 0.500. The first-order valence-corrected chi connectivity index (χ1v) is 10.1. The zero-order valence-corrected chi connectivity index (χ0v) is 17.2. The van der Waals surface area contributed by atoms with E-state index < -0.39 is 3.79 Å². The number of piperidine rings is 3. The molecule has 1 unspecified atom stereocenters. The van der Waals surface area contributed by atoms with Crippen molar-refractivity contribution in [2.45, 2.75) is 22.7 Å². The summed E-state index contributed by atoms with van der Waals surface area (Å²) in [5, 5.41) is 4.59. The van der Waals surface area contributed by atoms with Crippen molar-refractivity contribution in [3.8, 4) is 0 Å². The maximum atomic E-state index is 6.04. The molecule has 4 nitrogen and oxygen atoms in total. The highest BCUT2D eigenvalue weighted by Gasteiger charge is 2.35. The van der Waals surface area contributed by atoms with E-state index in [0.717, 1.165) is 26.8 Å². The van der Waals surface area contributed by atoms with Crippen molar-refractivity contribution in [3.05, 3.63) is 27.6 Å². The van der Waals surface area contributed by atoms with E-state index in [-0.39, 0.29) is 5.82 Å². The molecule has 8 heteroatoms. The van der Waals surface area contributed by atoms with E-state index in [1.54, 1.807) is 0 Å². The van der Waals surface area contributed by atoms with Gasteiger partial charge in [0.2, 0.25) is 3.79 Å². The average molecular weight is 498 g/mol. The number of nitrogens with one attached hydrogen (secondary N) is 1. The lowest BCUT2D eigenvalue weighted by Crippen LogP contribution is -2.53. The summed E-state index contributed by atoms with van der Waals surface area (Å²) >= 11 is 20.4. The standard InChI is InChI=1S/C16H16Cl3IN4/c17-16(18,19)15-22-12-2-1-10(20)7-11(12)14(23-15)21-13-8-24-5-3-9(13)4-6-24/h1-2,7,9,13H,3-6,8H2,(H,21,22,23). The quantitative estimate of drug-likeness (QED) is 0.488. The van der Waals surface area contributed by atoms with E-state index in [2.05, 4.69) is 48.8 Å². The Morgan fingerprint density at radius 2 is 1.92 bits per heavy atom. The second-order valence-corrected chi connectivity index (χ2v) is 9.97. The first-order valence-electron chi connectivity index (χ1n) is 7.93. The summed E-state index contributed by atoms with van der Waals surface area (Å²) in [5.41, 5.74) is 0.788. The van der Waals surface area contributed by atoms with Crippen molar-refractivity contribution in [2.75, 3.05) is 25.0 Å². The minimum absolute atomic E-state index is 0.213. The highest BCUT2D eigenvalue weighted by Crippen LogP contribution is 2.38. The molecule has 0 saturated carbocycles. The van der Waals surface area contributed by atoms with E-state index >= 15 is 0 Å². The van der Waals surface area contributed by atoms with Crippen molar-refractivity contribution in [3.63, 3.8) is 0 Å². The summed E-state index contributed by atoms with van der Waals surface area (Å²) in [6.45, 7) is 3.44. The van der Waals surface area contributed by atoms with Crippen LogP contribution in [0.5, 0.6) is 0 Å². The third-order valence-corrected chi connectivity index (χ3v) is 6.07. The van der Waals surface area contributed by atoms with Crippen LogP contribution in [0.2, 0.25) is 0 Å². The number of halogens is 4. The molecule has 0 radical (unpaired) electrons. The molecule has 2 bridgehead atoms. The Bertz CT molecular complexity index is 772. The maximum absolute atomic E-state index is 6.04. The third kappa shape index (κ3) is 3.43. The molecule has 1 atom stereocenters. The first kappa shape index (κ1) is 17.3. The second kappa shape index (κ2) is 6.58. The number of nitrogens with zero attached hydrogens (tertiary/aromatic N) is 3. The van der Waals surface area contributed by atoms with Crippen LogP contribution < -0.4 is 5.32 Å². The third-order valence-electron chi connectivity index (χ3n) is 4.89. The van der Waals surface area contributed by atoms with Crippen LogP contribution >= 0.6 is 57.4 Å². The van der Waals surface area contributed by atoms with Crippen LogP contribution in [0.3, 0.4) is 0 Å². The molecular weight excluding hydrogens is 481 g/mol. The Balaban J connectivity index is 1.76. The van der Waals surface area contributed by atoms with Gasteiger partial charge in [-0.1, -0.05) is 34.8 Å². The van der Waals surface area contributed by atoms with Crippen LogP contribution in [0.1, 0.15) is 18.7 Å². The van der Waals surface area contributed by atoms with Gasteiger partial charge in [0.25, 0.3) is 0 Å². The van der Waals surface area contributed by atoms with Gasteiger partial charge in [-0.05, 0) is 72.6 Å². The molecule has 1 N–H and O–H groups in total. The van der Waals surface area contributed by atoms with Gasteiger partial charge in [-0.25, -0.2) is 9.97 Å². The summed E-state index contributed by atoms with van der Waals surface area (Å²) in [7, 11) is 0. The molecule has 3 saturated heterocycles. The molecule has 3 fully saturated rings. The van der Waals surface area contributed by atoms with E-state index in [1.165, 1.54) is 25.9 Å². The van der Waals surface area contributed by atoms with Gasteiger partial charge in [0, 0.05) is 21.5 Å². The molecule has 0 spiro atoms. The minimum Gasteiger partial charge on any atom is -0.365 e. The topological polar surface area (TPSA) is 41.1 Å². The summed E-state index contributed by atoms with van der Waals surface area (Å²) in [6, 6.07) is 6.39. The van der Waals surface area contributed by atoms with Gasteiger partial charge in [0.05, 0.1) is 5.52 Å². The fourth-order valence-corrected chi connectivity index (χ4v) is 4.39. The van der Waals surface area contributed by atoms with Gasteiger partial charge in [-0.15, -0.1) is 0 Å². The minimum atomic E-state index is -1.64. The molecule has 2 aromatic rings. The van der Waals surface area contributed by atoms with Gasteiger partial charge < -0.3 is 10.2 Å². The average Bonchev–Trinajstić information content (AvgIpc) is 2.55. The molecule has 4 heterocycles. The van der Waals surface area contributed by atoms with Crippen molar-refractivity contribution in [1.29, 1.82) is 0 Å². The number of alkyl halides is 3. The maximum Gasteiger partial charge on any atom is 0.250 e. The largest absolute Gasteiger partial charge is 0.365 e. The summed E-state index contributed by atoms with van der Waals surface area (Å²) < 4.78 is -0.509. The predicted molar refractivity (Wildman–Crippen MR) is 108 cm³/mol. The lowest BCUT2D eigenvalue weighted by molar-refractivity contribution is 0.0974. The smallest absolute Gasteiger partial charge is 0.250 e. The fourth-order valence-electron chi connectivity index (χ4n) is 3.64. The zero-order chi connectivity index (χ0) is 16.9. The van der Waals surface area contributed by atoms with Crippen LogP contribution in [-0.4, -0.2) is 40.5 Å². The number of anilines is 1. The monoisotopic (exact) mass is 496 g/mol. The first-order chi connectivity index (χ1) is 11.4. The van der Waals surface area contributed by atoms with Gasteiger partial charge in [0.15, 0.2) is 5.82 Å².